The summed E-state index contributed by atoms with van der Waals surface area (Å²) in [5.74, 6) is 1.79. The summed E-state index contributed by atoms with van der Waals surface area (Å²) in [6.07, 6.45) is 2.02. The first kappa shape index (κ1) is 12.5. The Morgan fingerprint density at radius 3 is 1.50 bits per heavy atom. The van der Waals surface area contributed by atoms with Crippen LogP contribution in [0.15, 0.2) is 48.5 Å². The highest BCUT2D eigenvalue weighted by Gasteiger charge is 2.14. The molecule has 0 aliphatic carbocycles. The normalized spacial score (nSPS) is 10.8. The lowest BCUT2D eigenvalue weighted by Gasteiger charge is -2.16. The largest absolute Gasteiger partial charge is 0.508 e. The molecule has 0 fully saturated rings. The minimum Gasteiger partial charge on any atom is -0.508 e. The highest BCUT2D eigenvalue weighted by atomic mass is 16.3. The molecule has 0 aliphatic heterocycles. The number of hydrogen-bond donors (Lipinski definition) is 2. The number of benzene rings is 2. The van der Waals surface area contributed by atoms with Gasteiger partial charge in [0.2, 0.25) is 0 Å². The maximum atomic E-state index is 9.33. The lowest BCUT2D eigenvalue weighted by Crippen LogP contribution is -2.01. The average Bonchev–Trinajstić information content (AvgIpc) is 2.39. The second-order valence-corrected chi connectivity index (χ2v) is 4.32. The molecule has 2 aromatic carbocycles. The van der Waals surface area contributed by atoms with Crippen LogP contribution in [0.5, 0.6) is 11.5 Å². The molecule has 2 aromatic rings. The summed E-state index contributed by atoms with van der Waals surface area (Å²) in [7, 11) is 0. The van der Waals surface area contributed by atoms with E-state index in [1.807, 2.05) is 24.3 Å². The van der Waals surface area contributed by atoms with Crippen LogP contribution in [0.25, 0.3) is 0 Å². The van der Waals surface area contributed by atoms with Crippen molar-refractivity contribution in [2.24, 2.45) is 0 Å². The van der Waals surface area contributed by atoms with E-state index >= 15 is 0 Å². The van der Waals surface area contributed by atoms with E-state index < -0.39 is 0 Å². The average molecular weight is 241 g/mol. The maximum Gasteiger partial charge on any atom is 0.115 e. The van der Waals surface area contributed by atoms with E-state index in [1.165, 1.54) is 5.92 Å². The minimum atomic E-state index is 0.278. The van der Waals surface area contributed by atoms with Crippen molar-refractivity contribution in [2.75, 3.05) is 0 Å². The fourth-order valence-electron chi connectivity index (χ4n) is 2.03. The lowest BCUT2D eigenvalue weighted by molar-refractivity contribution is 0.475. The predicted octanol–water partition coefficient (Wildman–Crippen LogP) is 3.87. The number of hydrogen-bond acceptors (Lipinski definition) is 2. The Labute approximate surface area is 108 Å². The van der Waals surface area contributed by atoms with Crippen molar-refractivity contribution in [1.82, 2.24) is 0 Å². The van der Waals surface area contributed by atoms with Gasteiger partial charge in [0.25, 0.3) is 0 Å². The highest BCUT2D eigenvalue weighted by Crippen LogP contribution is 2.30. The Morgan fingerprint density at radius 1 is 0.778 bits per heavy atom. The standard InChI is InChI=1S/C16H17O2/c1-2-3-16(12-4-8-14(17)9-5-12)13-6-10-15(18)11-7-13/h4-11,17-18H,2-3H2,1H3. The van der Waals surface area contributed by atoms with Crippen molar-refractivity contribution in [3.63, 3.8) is 0 Å². The first-order valence-corrected chi connectivity index (χ1v) is 6.15. The van der Waals surface area contributed by atoms with Crippen LogP contribution in [0.2, 0.25) is 0 Å². The molecular weight excluding hydrogens is 224 g/mol. The van der Waals surface area contributed by atoms with Crippen LogP contribution in [-0.2, 0) is 0 Å². The summed E-state index contributed by atoms with van der Waals surface area (Å²) in [5.41, 5.74) is 2.22. The fraction of sp³-hybridized carbons (Fsp3) is 0.188. The molecule has 2 N–H and O–H groups in total. The van der Waals surface area contributed by atoms with Crippen LogP contribution in [0.4, 0.5) is 0 Å². The summed E-state index contributed by atoms with van der Waals surface area (Å²) in [6.45, 7) is 2.14. The van der Waals surface area contributed by atoms with Gasteiger partial charge < -0.3 is 10.2 Å². The second kappa shape index (κ2) is 5.58. The zero-order valence-corrected chi connectivity index (χ0v) is 10.4. The van der Waals surface area contributed by atoms with Gasteiger partial charge in [0.15, 0.2) is 0 Å². The molecule has 0 spiro atoms. The summed E-state index contributed by atoms with van der Waals surface area (Å²) in [6, 6.07) is 14.5. The Kier molecular flexibility index (Phi) is 3.88. The number of phenolic OH excluding ortho intramolecular Hbond substituents is 2. The predicted molar refractivity (Wildman–Crippen MR) is 72.6 cm³/mol. The van der Waals surface area contributed by atoms with Crippen molar-refractivity contribution in [3.8, 4) is 11.5 Å². The molecule has 2 rings (SSSR count). The smallest absolute Gasteiger partial charge is 0.115 e. The van der Waals surface area contributed by atoms with E-state index in [2.05, 4.69) is 6.92 Å². The molecule has 0 saturated carbocycles. The van der Waals surface area contributed by atoms with Crippen LogP contribution in [0.3, 0.4) is 0 Å². The zero-order valence-electron chi connectivity index (χ0n) is 10.4. The van der Waals surface area contributed by atoms with Gasteiger partial charge in [-0.25, -0.2) is 0 Å². The van der Waals surface area contributed by atoms with Gasteiger partial charge in [0.1, 0.15) is 11.5 Å². The summed E-state index contributed by atoms with van der Waals surface area (Å²) in [5, 5.41) is 18.7. The van der Waals surface area contributed by atoms with Gasteiger partial charge in [-0.2, -0.15) is 0 Å². The van der Waals surface area contributed by atoms with Crippen LogP contribution < -0.4 is 0 Å². The molecule has 0 saturated heterocycles. The molecule has 0 aromatic heterocycles. The molecule has 93 valence electrons. The van der Waals surface area contributed by atoms with Crippen molar-refractivity contribution in [3.05, 3.63) is 65.6 Å². The number of rotatable bonds is 4. The highest BCUT2D eigenvalue weighted by molar-refractivity contribution is 5.47. The van der Waals surface area contributed by atoms with Gasteiger partial charge in [0, 0.05) is 5.92 Å². The Morgan fingerprint density at radius 2 is 1.17 bits per heavy atom. The SMILES string of the molecule is CCC[C](c1ccc(O)cc1)c1ccc(O)cc1. The van der Waals surface area contributed by atoms with E-state index in [1.54, 1.807) is 24.3 Å². The number of phenols is 2. The van der Waals surface area contributed by atoms with Crippen LogP contribution in [0.1, 0.15) is 30.9 Å². The molecule has 0 bridgehead atoms. The zero-order chi connectivity index (χ0) is 13.0. The van der Waals surface area contributed by atoms with E-state index in [0.29, 0.717) is 0 Å². The Balaban J connectivity index is 2.33. The van der Waals surface area contributed by atoms with Gasteiger partial charge in [0.05, 0.1) is 0 Å². The van der Waals surface area contributed by atoms with E-state index in [4.69, 9.17) is 0 Å². The molecule has 18 heavy (non-hydrogen) atoms. The molecule has 0 atom stereocenters. The van der Waals surface area contributed by atoms with Gasteiger partial charge in [-0.1, -0.05) is 37.6 Å². The third kappa shape index (κ3) is 2.83. The lowest BCUT2D eigenvalue weighted by atomic mass is 9.87. The van der Waals surface area contributed by atoms with Crippen molar-refractivity contribution < 1.29 is 10.2 Å². The second-order valence-electron chi connectivity index (χ2n) is 4.32. The molecule has 0 unspecified atom stereocenters. The van der Waals surface area contributed by atoms with Gasteiger partial charge in [-0.3, -0.25) is 0 Å². The first-order chi connectivity index (χ1) is 8.70. The summed E-state index contributed by atoms with van der Waals surface area (Å²) < 4.78 is 0. The fourth-order valence-corrected chi connectivity index (χ4v) is 2.03. The van der Waals surface area contributed by atoms with Gasteiger partial charge in [-0.05, 0) is 41.8 Å². The molecule has 0 amide bonds. The maximum absolute atomic E-state index is 9.33. The van der Waals surface area contributed by atoms with Crippen molar-refractivity contribution in [1.29, 1.82) is 0 Å². The first-order valence-electron chi connectivity index (χ1n) is 6.15. The summed E-state index contributed by atoms with van der Waals surface area (Å²) in [4.78, 5) is 0. The van der Waals surface area contributed by atoms with Crippen LogP contribution in [0, 0.1) is 5.92 Å². The third-order valence-corrected chi connectivity index (χ3v) is 2.93. The quantitative estimate of drug-likeness (QED) is 0.853. The molecular formula is C16H17O2. The molecule has 2 nitrogen and oxygen atoms in total. The number of aromatic hydroxyl groups is 2. The molecule has 1 radical (unpaired) electrons. The minimum absolute atomic E-state index is 0.278. The van der Waals surface area contributed by atoms with Crippen molar-refractivity contribution >= 4 is 0 Å². The molecule has 2 heteroatoms. The molecule has 0 aliphatic rings. The molecule has 0 heterocycles. The van der Waals surface area contributed by atoms with E-state index in [9.17, 15) is 10.2 Å². The van der Waals surface area contributed by atoms with E-state index in [-0.39, 0.29) is 11.5 Å². The Hall–Kier alpha value is -1.96. The topological polar surface area (TPSA) is 40.5 Å². The Bertz CT molecular complexity index is 440. The van der Waals surface area contributed by atoms with Crippen LogP contribution in [-0.4, -0.2) is 10.2 Å². The van der Waals surface area contributed by atoms with E-state index in [0.717, 1.165) is 24.0 Å². The van der Waals surface area contributed by atoms with Gasteiger partial charge >= 0.3 is 0 Å². The monoisotopic (exact) mass is 241 g/mol. The van der Waals surface area contributed by atoms with Crippen LogP contribution >= 0.6 is 0 Å². The summed E-state index contributed by atoms with van der Waals surface area (Å²) >= 11 is 0. The van der Waals surface area contributed by atoms with Crippen molar-refractivity contribution in [2.45, 2.75) is 19.8 Å². The third-order valence-electron chi connectivity index (χ3n) is 2.93. The van der Waals surface area contributed by atoms with Gasteiger partial charge in [-0.15, -0.1) is 0 Å².